The third-order valence-electron chi connectivity index (χ3n) is 1.48. The first-order valence-electron chi connectivity index (χ1n) is 3.43. The number of rotatable bonds is 2. The molecule has 1 aromatic rings. The fourth-order valence-corrected chi connectivity index (χ4v) is 1.38. The van der Waals surface area contributed by atoms with Gasteiger partial charge in [-0.25, -0.2) is 4.39 Å². The summed E-state index contributed by atoms with van der Waals surface area (Å²) < 4.78 is 13.8. The molecule has 0 spiro atoms. The highest BCUT2D eigenvalue weighted by Crippen LogP contribution is 2.27. The average Bonchev–Trinajstić information content (AvgIpc) is 2.07. The molecule has 1 nitrogen and oxygen atoms in total. The van der Waals surface area contributed by atoms with E-state index >= 15 is 0 Å². The standard InChI is InChI=1S/C8H8BrClFN.ClH/c1-12-4-5-2-3-6(9)7(10)8(5)11;/h2-3,12H,4H2,1H3;1H. The van der Waals surface area contributed by atoms with E-state index in [1.807, 2.05) is 0 Å². The molecule has 0 atom stereocenters. The van der Waals surface area contributed by atoms with Crippen LogP contribution < -0.4 is 5.32 Å². The van der Waals surface area contributed by atoms with Crippen molar-refractivity contribution in [2.75, 3.05) is 7.05 Å². The summed E-state index contributed by atoms with van der Waals surface area (Å²) in [5, 5.41) is 3.00. The second kappa shape index (κ2) is 5.81. The highest BCUT2D eigenvalue weighted by molar-refractivity contribution is 9.10. The largest absolute Gasteiger partial charge is 0.316 e. The molecule has 0 radical (unpaired) electrons. The molecule has 1 N–H and O–H groups in total. The molecule has 0 unspecified atom stereocenters. The van der Waals surface area contributed by atoms with Crippen LogP contribution in [0.15, 0.2) is 16.6 Å². The van der Waals surface area contributed by atoms with Crippen LogP contribution in [-0.4, -0.2) is 7.05 Å². The summed E-state index contributed by atoms with van der Waals surface area (Å²) in [5.74, 6) is -0.361. The zero-order chi connectivity index (χ0) is 9.14. The van der Waals surface area contributed by atoms with E-state index in [9.17, 15) is 4.39 Å². The maximum absolute atomic E-state index is 13.2. The maximum Gasteiger partial charge on any atom is 0.147 e. The molecule has 0 aliphatic rings. The molecule has 0 bridgehead atoms. The van der Waals surface area contributed by atoms with Crippen LogP contribution in [0.2, 0.25) is 5.02 Å². The van der Waals surface area contributed by atoms with Crippen LogP contribution in [-0.2, 0) is 6.54 Å². The van der Waals surface area contributed by atoms with E-state index in [2.05, 4.69) is 21.2 Å². The Morgan fingerprint density at radius 3 is 2.69 bits per heavy atom. The van der Waals surface area contributed by atoms with Gasteiger partial charge in [0.05, 0.1) is 5.02 Å². The first-order chi connectivity index (χ1) is 5.66. The summed E-state index contributed by atoms with van der Waals surface area (Å²) in [6, 6.07) is 3.43. The molecule has 0 amide bonds. The molecule has 0 heterocycles. The molecule has 1 aromatic carbocycles. The number of hydrogen-bond donors (Lipinski definition) is 1. The van der Waals surface area contributed by atoms with Gasteiger partial charge in [-0.3, -0.25) is 0 Å². The third-order valence-corrected chi connectivity index (χ3v) is 2.74. The molecule has 0 saturated carbocycles. The van der Waals surface area contributed by atoms with Crippen LogP contribution in [0.25, 0.3) is 0 Å². The topological polar surface area (TPSA) is 12.0 Å². The lowest BCUT2D eigenvalue weighted by Gasteiger charge is -2.04. The summed E-state index contributed by atoms with van der Waals surface area (Å²) in [6.07, 6.45) is 0. The summed E-state index contributed by atoms with van der Waals surface area (Å²) in [6.45, 7) is 0.485. The van der Waals surface area contributed by atoms with Crippen LogP contribution >= 0.6 is 39.9 Å². The molecule has 74 valence electrons. The van der Waals surface area contributed by atoms with E-state index in [0.717, 1.165) is 0 Å². The smallest absolute Gasteiger partial charge is 0.147 e. The zero-order valence-electron chi connectivity index (χ0n) is 6.90. The van der Waals surface area contributed by atoms with Gasteiger partial charge in [-0.2, -0.15) is 0 Å². The number of benzene rings is 1. The van der Waals surface area contributed by atoms with Gasteiger partial charge in [0.2, 0.25) is 0 Å². The molecule has 0 fully saturated rings. The van der Waals surface area contributed by atoms with Crippen molar-refractivity contribution in [1.82, 2.24) is 5.32 Å². The van der Waals surface area contributed by atoms with Crippen molar-refractivity contribution in [3.8, 4) is 0 Å². The minimum absolute atomic E-state index is 0. The van der Waals surface area contributed by atoms with Crippen molar-refractivity contribution in [2.24, 2.45) is 0 Å². The van der Waals surface area contributed by atoms with E-state index < -0.39 is 0 Å². The van der Waals surface area contributed by atoms with Crippen LogP contribution in [0.4, 0.5) is 4.39 Å². The van der Waals surface area contributed by atoms with Crippen molar-refractivity contribution >= 4 is 39.9 Å². The molecule has 0 aromatic heterocycles. The normalized spacial score (nSPS) is 9.54. The summed E-state index contributed by atoms with van der Waals surface area (Å²) in [4.78, 5) is 0. The minimum Gasteiger partial charge on any atom is -0.316 e. The van der Waals surface area contributed by atoms with Crippen LogP contribution in [0.3, 0.4) is 0 Å². The van der Waals surface area contributed by atoms with Crippen molar-refractivity contribution in [1.29, 1.82) is 0 Å². The number of hydrogen-bond acceptors (Lipinski definition) is 1. The van der Waals surface area contributed by atoms with Gasteiger partial charge in [0.15, 0.2) is 0 Å². The van der Waals surface area contributed by atoms with Crippen molar-refractivity contribution < 1.29 is 4.39 Å². The molecular formula is C8H9BrCl2FN. The Bertz CT molecular complexity index is 294. The highest BCUT2D eigenvalue weighted by Gasteiger charge is 2.08. The van der Waals surface area contributed by atoms with E-state index in [1.165, 1.54) is 0 Å². The van der Waals surface area contributed by atoms with Crippen molar-refractivity contribution in [2.45, 2.75) is 6.54 Å². The minimum atomic E-state index is -0.361. The quantitative estimate of drug-likeness (QED) is 0.823. The predicted octanol–water partition coefficient (Wildman–Crippen LogP) is 3.38. The second-order valence-electron chi connectivity index (χ2n) is 2.36. The van der Waals surface area contributed by atoms with Gasteiger partial charge in [-0.15, -0.1) is 12.4 Å². The van der Waals surface area contributed by atoms with Crippen LogP contribution in [0.1, 0.15) is 5.56 Å². The molecule has 13 heavy (non-hydrogen) atoms. The van der Waals surface area contributed by atoms with E-state index in [1.54, 1.807) is 19.2 Å². The molecule has 0 aliphatic heterocycles. The SMILES string of the molecule is CNCc1ccc(Br)c(Cl)c1F.Cl. The monoisotopic (exact) mass is 287 g/mol. The van der Waals surface area contributed by atoms with Gasteiger partial charge in [0.25, 0.3) is 0 Å². The van der Waals surface area contributed by atoms with Gasteiger partial charge < -0.3 is 5.32 Å². The highest BCUT2D eigenvalue weighted by atomic mass is 79.9. The lowest BCUT2D eigenvalue weighted by molar-refractivity contribution is 0.600. The van der Waals surface area contributed by atoms with Crippen molar-refractivity contribution in [3.63, 3.8) is 0 Å². The fourth-order valence-electron chi connectivity index (χ4n) is 0.893. The Hall–Kier alpha value is 0.170. The van der Waals surface area contributed by atoms with Gasteiger partial charge in [0.1, 0.15) is 5.82 Å². The molecule has 0 saturated heterocycles. The summed E-state index contributed by atoms with van der Waals surface area (Å²) in [5.41, 5.74) is 0.575. The predicted molar refractivity (Wildman–Crippen MR) is 59.1 cm³/mol. The molecule has 0 aliphatic carbocycles. The molecular weight excluding hydrogens is 280 g/mol. The fraction of sp³-hybridized carbons (Fsp3) is 0.250. The second-order valence-corrected chi connectivity index (χ2v) is 3.60. The Morgan fingerprint density at radius 1 is 1.54 bits per heavy atom. The van der Waals surface area contributed by atoms with E-state index in [-0.39, 0.29) is 23.2 Å². The number of halogens is 4. The number of nitrogens with one attached hydrogen (secondary N) is 1. The zero-order valence-corrected chi connectivity index (χ0v) is 10.1. The molecule has 1 rings (SSSR count). The average molecular weight is 289 g/mol. The van der Waals surface area contributed by atoms with Gasteiger partial charge in [-0.05, 0) is 29.0 Å². The summed E-state index contributed by atoms with van der Waals surface area (Å²) >= 11 is 8.81. The van der Waals surface area contributed by atoms with Crippen LogP contribution in [0.5, 0.6) is 0 Å². The lowest BCUT2D eigenvalue weighted by atomic mass is 10.2. The first-order valence-corrected chi connectivity index (χ1v) is 4.61. The lowest BCUT2D eigenvalue weighted by Crippen LogP contribution is -2.07. The Balaban J connectivity index is 0.00000144. The van der Waals surface area contributed by atoms with Crippen molar-refractivity contribution in [3.05, 3.63) is 33.0 Å². The van der Waals surface area contributed by atoms with Gasteiger partial charge in [-0.1, -0.05) is 17.7 Å². The van der Waals surface area contributed by atoms with Crippen LogP contribution in [0, 0.1) is 5.82 Å². The van der Waals surface area contributed by atoms with E-state index in [0.29, 0.717) is 16.6 Å². The molecule has 5 heteroatoms. The Labute approximate surface area is 96.2 Å². The third kappa shape index (κ3) is 3.09. The van der Waals surface area contributed by atoms with Gasteiger partial charge in [0, 0.05) is 16.6 Å². The summed E-state index contributed by atoms with van der Waals surface area (Å²) in [7, 11) is 1.76. The Kier molecular flexibility index (Phi) is 5.88. The first kappa shape index (κ1) is 13.2. The van der Waals surface area contributed by atoms with Gasteiger partial charge >= 0.3 is 0 Å². The van der Waals surface area contributed by atoms with E-state index in [4.69, 9.17) is 11.6 Å². The maximum atomic E-state index is 13.2. The Morgan fingerprint density at radius 2 is 2.15 bits per heavy atom.